The topological polar surface area (TPSA) is 95.0 Å². The van der Waals surface area contributed by atoms with E-state index in [9.17, 15) is 0 Å². The fraction of sp³-hybridized carbons (Fsp3) is 0.455. The maximum atomic E-state index is 5.84. The van der Waals surface area contributed by atoms with Gasteiger partial charge in [0, 0.05) is 19.3 Å². The maximum Gasteiger partial charge on any atom is 0.227 e. The lowest BCUT2D eigenvalue weighted by Gasteiger charge is -2.25. The molecule has 0 aliphatic carbocycles. The molecule has 2 N–H and O–H groups in total. The highest BCUT2D eigenvalue weighted by Gasteiger charge is 2.40. The molecule has 4 heterocycles. The summed E-state index contributed by atoms with van der Waals surface area (Å²) >= 11 is 0. The molecule has 0 saturated carbocycles. The molecule has 0 spiro atoms. The highest BCUT2D eigenvalue weighted by atomic mass is 16.5. The van der Waals surface area contributed by atoms with Crippen molar-refractivity contribution in [3.8, 4) is 0 Å². The molecule has 19 heavy (non-hydrogen) atoms. The Bertz CT molecular complexity index is 613. The van der Waals surface area contributed by atoms with E-state index in [-0.39, 0.29) is 12.1 Å². The van der Waals surface area contributed by atoms with Crippen LogP contribution in [-0.4, -0.2) is 44.2 Å². The van der Waals surface area contributed by atoms with Crippen LogP contribution in [0, 0.1) is 0 Å². The Kier molecular flexibility index (Phi) is 2.18. The van der Waals surface area contributed by atoms with E-state index < -0.39 is 0 Å². The van der Waals surface area contributed by atoms with Crippen LogP contribution in [0.15, 0.2) is 18.5 Å². The summed E-state index contributed by atoms with van der Waals surface area (Å²) in [5.41, 5.74) is 6.71. The van der Waals surface area contributed by atoms with Gasteiger partial charge in [-0.1, -0.05) is 5.21 Å². The molecule has 1 fully saturated rings. The Morgan fingerprint density at radius 3 is 3.21 bits per heavy atom. The normalized spacial score (nSPS) is 25.2. The number of nitrogens with two attached hydrogens (primary N) is 1. The zero-order valence-electron chi connectivity index (χ0n) is 10.2. The van der Waals surface area contributed by atoms with Crippen LogP contribution in [0.2, 0.25) is 0 Å². The van der Waals surface area contributed by atoms with Crippen LogP contribution >= 0.6 is 0 Å². The van der Waals surface area contributed by atoms with Crippen molar-refractivity contribution in [2.24, 2.45) is 0 Å². The van der Waals surface area contributed by atoms with Gasteiger partial charge in [0.25, 0.3) is 0 Å². The first-order valence-electron chi connectivity index (χ1n) is 6.15. The molecule has 2 aromatic heterocycles. The summed E-state index contributed by atoms with van der Waals surface area (Å²) in [7, 11) is 0. The van der Waals surface area contributed by atoms with Crippen molar-refractivity contribution < 1.29 is 4.74 Å². The highest BCUT2D eigenvalue weighted by molar-refractivity contribution is 5.39. The lowest BCUT2D eigenvalue weighted by Crippen LogP contribution is -2.32. The summed E-state index contributed by atoms with van der Waals surface area (Å²) in [6.45, 7) is 2.05. The molecule has 1 saturated heterocycles. The first-order chi connectivity index (χ1) is 9.31. The third-order valence-electron chi connectivity index (χ3n) is 3.59. The fourth-order valence-corrected chi connectivity index (χ4v) is 2.67. The number of nitrogen functional groups attached to an aromatic ring is 1. The molecule has 0 unspecified atom stereocenters. The van der Waals surface area contributed by atoms with E-state index in [1.54, 1.807) is 18.5 Å². The number of fused-ring (bicyclic) bond motifs is 3. The first-order valence-corrected chi connectivity index (χ1v) is 6.15. The largest absolute Gasteiger partial charge is 0.384 e. The average molecular weight is 259 g/mol. The molecule has 2 aliphatic rings. The second-order valence-electron chi connectivity index (χ2n) is 4.77. The van der Waals surface area contributed by atoms with Crippen molar-refractivity contribution >= 4 is 11.8 Å². The minimum absolute atomic E-state index is 0.0965. The molecule has 0 amide bonds. The second-order valence-corrected chi connectivity index (χ2v) is 4.77. The van der Waals surface area contributed by atoms with Gasteiger partial charge in [-0.2, -0.15) is 4.98 Å². The van der Waals surface area contributed by atoms with Gasteiger partial charge in [-0.15, -0.1) is 5.10 Å². The molecule has 4 rings (SSSR count). The van der Waals surface area contributed by atoms with Crippen LogP contribution in [0.4, 0.5) is 11.8 Å². The number of ether oxygens (including phenoxy) is 1. The van der Waals surface area contributed by atoms with Crippen molar-refractivity contribution in [1.29, 1.82) is 0 Å². The third kappa shape index (κ3) is 1.64. The second kappa shape index (κ2) is 3.89. The van der Waals surface area contributed by atoms with Gasteiger partial charge in [-0.25, -0.2) is 9.67 Å². The van der Waals surface area contributed by atoms with E-state index in [4.69, 9.17) is 10.5 Å². The molecule has 98 valence electrons. The van der Waals surface area contributed by atoms with E-state index >= 15 is 0 Å². The zero-order chi connectivity index (χ0) is 12.8. The van der Waals surface area contributed by atoms with Gasteiger partial charge in [-0.3, -0.25) is 0 Å². The summed E-state index contributed by atoms with van der Waals surface area (Å²) in [5.74, 6) is 1.11. The Labute approximate surface area is 109 Å². The average Bonchev–Trinajstić information content (AvgIpc) is 3.04. The van der Waals surface area contributed by atoms with Crippen molar-refractivity contribution in [3.63, 3.8) is 0 Å². The Hall–Kier alpha value is -2.22. The van der Waals surface area contributed by atoms with E-state index in [2.05, 4.69) is 25.2 Å². The van der Waals surface area contributed by atoms with Gasteiger partial charge in [-0.05, 0) is 6.07 Å². The maximum absolute atomic E-state index is 5.84. The quantitative estimate of drug-likeness (QED) is 0.745. The number of rotatable bonds is 1. The summed E-state index contributed by atoms with van der Waals surface area (Å²) < 4.78 is 7.78. The summed E-state index contributed by atoms with van der Waals surface area (Å²) in [6, 6.07) is 1.84. The summed E-state index contributed by atoms with van der Waals surface area (Å²) in [4.78, 5) is 10.6. The van der Waals surface area contributed by atoms with E-state index in [0.717, 1.165) is 18.8 Å². The van der Waals surface area contributed by atoms with Gasteiger partial charge in [0.1, 0.15) is 5.82 Å². The molecule has 2 atom stereocenters. The molecular formula is C11H13N7O. The van der Waals surface area contributed by atoms with Crippen LogP contribution in [0.3, 0.4) is 0 Å². The minimum atomic E-state index is 0.0965. The molecule has 0 aromatic carbocycles. The van der Waals surface area contributed by atoms with Gasteiger partial charge in [0.05, 0.1) is 30.6 Å². The van der Waals surface area contributed by atoms with Gasteiger partial charge >= 0.3 is 0 Å². The molecule has 0 radical (unpaired) electrons. The van der Waals surface area contributed by atoms with Crippen molar-refractivity contribution in [2.75, 3.05) is 23.7 Å². The van der Waals surface area contributed by atoms with Gasteiger partial charge in [0.2, 0.25) is 5.95 Å². The van der Waals surface area contributed by atoms with Crippen LogP contribution < -0.4 is 10.6 Å². The van der Waals surface area contributed by atoms with Crippen LogP contribution in [0.25, 0.3) is 0 Å². The van der Waals surface area contributed by atoms with E-state index in [0.29, 0.717) is 18.4 Å². The number of aromatic nitrogens is 5. The molecule has 0 bridgehead atoms. The fourth-order valence-electron chi connectivity index (χ4n) is 2.67. The lowest BCUT2D eigenvalue weighted by molar-refractivity contribution is -0.00255. The molecule has 8 heteroatoms. The molecule has 8 nitrogen and oxygen atoms in total. The summed E-state index contributed by atoms with van der Waals surface area (Å²) in [5, 5.41) is 8.08. The van der Waals surface area contributed by atoms with Crippen molar-refractivity contribution in [2.45, 2.75) is 18.8 Å². The summed E-state index contributed by atoms with van der Waals surface area (Å²) in [6.07, 6.45) is 3.51. The highest BCUT2D eigenvalue weighted by Crippen LogP contribution is 2.31. The van der Waals surface area contributed by atoms with Crippen molar-refractivity contribution in [1.82, 2.24) is 25.0 Å². The third-order valence-corrected chi connectivity index (χ3v) is 3.59. The van der Waals surface area contributed by atoms with Gasteiger partial charge in [0.15, 0.2) is 0 Å². The van der Waals surface area contributed by atoms with Crippen LogP contribution in [0.1, 0.15) is 11.7 Å². The Morgan fingerprint density at radius 2 is 2.32 bits per heavy atom. The van der Waals surface area contributed by atoms with Gasteiger partial charge < -0.3 is 15.4 Å². The van der Waals surface area contributed by atoms with E-state index in [1.165, 1.54) is 0 Å². The molecular weight excluding hydrogens is 246 g/mol. The van der Waals surface area contributed by atoms with Crippen molar-refractivity contribution in [3.05, 3.63) is 24.2 Å². The monoisotopic (exact) mass is 259 g/mol. The molecule has 2 aliphatic heterocycles. The number of nitrogens with zero attached hydrogens (tertiary/aromatic N) is 6. The Balaban J connectivity index is 1.64. The smallest absolute Gasteiger partial charge is 0.227 e. The minimum Gasteiger partial charge on any atom is -0.384 e. The lowest BCUT2D eigenvalue weighted by atomic mass is 10.2. The predicted molar refractivity (Wildman–Crippen MR) is 66.3 cm³/mol. The molecule has 2 aromatic rings. The SMILES string of the molecule is Nc1ccnc(N2C[C@@H]3OCc4cnnn4[C@H]3C2)n1. The standard InChI is InChI=1S/C11H13N7O/c12-10-1-2-13-11(15-10)17-4-8-9(5-17)19-6-7-3-14-16-18(7)8/h1-3,8-9H,4-6H2,(H2,12,13,15)/t8-,9-/m0/s1. The van der Waals surface area contributed by atoms with Crippen LogP contribution in [-0.2, 0) is 11.3 Å². The Morgan fingerprint density at radius 1 is 1.37 bits per heavy atom. The predicted octanol–water partition coefficient (Wildman–Crippen LogP) is -0.390. The number of hydrogen-bond donors (Lipinski definition) is 1. The van der Waals surface area contributed by atoms with Crippen LogP contribution in [0.5, 0.6) is 0 Å². The van der Waals surface area contributed by atoms with E-state index in [1.807, 2.05) is 4.68 Å². The number of anilines is 2. The zero-order valence-corrected chi connectivity index (χ0v) is 10.2. The first kappa shape index (κ1) is 10.7. The number of hydrogen-bond acceptors (Lipinski definition) is 7.